The van der Waals surface area contributed by atoms with E-state index in [1.807, 2.05) is 0 Å². The molecule has 0 spiro atoms. The number of carboxylic acids is 1. The Kier molecular flexibility index (Phi) is 7.46. The number of aromatic nitrogens is 1. The van der Waals surface area contributed by atoms with E-state index < -0.39 is 47.5 Å². The zero-order valence-electron chi connectivity index (χ0n) is 16.9. The molecule has 6 nitrogen and oxygen atoms in total. The highest BCUT2D eigenvalue weighted by molar-refractivity contribution is 6.33. The zero-order valence-corrected chi connectivity index (χ0v) is 19.2. The summed E-state index contributed by atoms with van der Waals surface area (Å²) in [6.45, 7) is -1.78. The molecular weight excluding hydrogens is 518 g/mol. The van der Waals surface area contributed by atoms with Gasteiger partial charge >= 0.3 is 12.1 Å². The summed E-state index contributed by atoms with van der Waals surface area (Å²) in [7, 11) is 0. The fraction of sp³-hybridized carbons (Fsp3) is 0.136. The molecule has 3 rings (SSSR count). The number of amides is 1. The van der Waals surface area contributed by atoms with Crippen molar-refractivity contribution in [2.24, 2.45) is 0 Å². The molecule has 2 aromatic carbocycles. The molecule has 3 aromatic rings. The van der Waals surface area contributed by atoms with Gasteiger partial charge in [0.2, 0.25) is 0 Å². The van der Waals surface area contributed by atoms with Crippen molar-refractivity contribution in [3.8, 4) is 17.3 Å². The Bertz CT molecular complexity index is 1280. The molecule has 12 heteroatoms. The first-order chi connectivity index (χ1) is 15.9. The highest BCUT2D eigenvalue weighted by Gasteiger charge is 2.41. The van der Waals surface area contributed by atoms with Crippen molar-refractivity contribution >= 4 is 46.7 Å². The van der Waals surface area contributed by atoms with E-state index in [0.717, 1.165) is 0 Å². The van der Waals surface area contributed by atoms with Crippen LogP contribution in [0.1, 0.15) is 21.6 Å². The van der Waals surface area contributed by atoms with Gasteiger partial charge in [-0.25, -0.2) is 0 Å². The second kappa shape index (κ2) is 9.97. The van der Waals surface area contributed by atoms with Gasteiger partial charge in [0, 0.05) is 15.6 Å². The highest BCUT2D eigenvalue weighted by atomic mass is 35.5. The lowest BCUT2D eigenvalue weighted by Crippen LogP contribution is -2.38. The second-order valence-electron chi connectivity index (χ2n) is 6.98. The summed E-state index contributed by atoms with van der Waals surface area (Å²) in [6, 6.07) is 12.6. The number of nitriles is 1. The summed E-state index contributed by atoms with van der Waals surface area (Å²) in [6.07, 6.45) is -5.02. The molecule has 0 aliphatic heterocycles. The van der Waals surface area contributed by atoms with Gasteiger partial charge in [-0.05, 0) is 42.0 Å². The summed E-state index contributed by atoms with van der Waals surface area (Å²) in [4.78, 5) is 25.2. The maximum Gasteiger partial charge on any atom is 0.433 e. The van der Waals surface area contributed by atoms with Gasteiger partial charge in [0.05, 0.1) is 22.9 Å². The van der Waals surface area contributed by atoms with Crippen LogP contribution in [0.3, 0.4) is 0 Å². The molecule has 0 fully saturated rings. The minimum atomic E-state index is -5.02. The highest BCUT2D eigenvalue weighted by Crippen LogP contribution is 2.43. The molecule has 176 valence electrons. The quantitative estimate of drug-likeness (QED) is 0.412. The van der Waals surface area contributed by atoms with E-state index >= 15 is 0 Å². The average molecular weight is 531 g/mol. The minimum absolute atomic E-state index is 0.00557. The van der Waals surface area contributed by atoms with E-state index in [1.165, 1.54) is 48.5 Å². The molecule has 1 amide bonds. The number of benzene rings is 2. The predicted molar refractivity (Wildman–Crippen MR) is 120 cm³/mol. The molecule has 34 heavy (non-hydrogen) atoms. The first kappa shape index (κ1) is 25.4. The number of carbonyl (C=O) groups excluding carboxylic acids is 1. The van der Waals surface area contributed by atoms with Gasteiger partial charge in [0.15, 0.2) is 0 Å². The third-order valence-corrected chi connectivity index (χ3v) is 5.59. The number of carboxylic acid groups (broad SMARTS) is 1. The number of hydrogen-bond donors (Lipinski definition) is 1. The van der Waals surface area contributed by atoms with Gasteiger partial charge in [0.1, 0.15) is 18.3 Å². The molecule has 0 saturated carbocycles. The van der Waals surface area contributed by atoms with E-state index in [1.54, 1.807) is 6.07 Å². The zero-order chi connectivity index (χ0) is 25.2. The van der Waals surface area contributed by atoms with Gasteiger partial charge in [-0.2, -0.15) is 18.4 Å². The van der Waals surface area contributed by atoms with Crippen LogP contribution < -0.4 is 0 Å². The average Bonchev–Trinajstić information content (AvgIpc) is 3.04. The number of carbonyl (C=O) groups is 2. The summed E-state index contributed by atoms with van der Waals surface area (Å²) < 4.78 is 42.7. The number of rotatable bonds is 6. The van der Waals surface area contributed by atoms with Crippen molar-refractivity contribution in [2.75, 3.05) is 6.54 Å². The van der Waals surface area contributed by atoms with Crippen LogP contribution in [0.2, 0.25) is 15.1 Å². The predicted octanol–water partition coefficient (Wildman–Crippen LogP) is 6.19. The largest absolute Gasteiger partial charge is 0.480 e. The number of hydrogen-bond acceptors (Lipinski definition) is 3. The third-order valence-electron chi connectivity index (χ3n) is 4.72. The minimum Gasteiger partial charge on any atom is -0.480 e. The molecule has 0 bridgehead atoms. The molecule has 1 N–H and O–H groups in total. The maximum atomic E-state index is 14.0. The van der Waals surface area contributed by atoms with E-state index in [-0.39, 0.29) is 16.8 Å². The van der Waals surface area contributed by atoms with Gasteiger partial charge < -0.3 is 14.6 Å². The Morgan fingerprint density at radius 2 is 1.53 bits per heavy atom. The second-order valence-corrected chi connectivity index (χ2v) is 8.23. The van der Waals surface area contributed by atoms with E-state index in [4.69, 9.17) is 34.8 Å². The molecular formula is C22H13Cl3F3N3O3. The van der Waals surface area contributed by atoms with Crippen molar-refractivity contribution in [3.63, 3.8) is 0 Å². The van der Waals surface area contributed by atoms with Crippen LogP contribution in [0.15, 0.2) is 48.5 Å². The number of halogens is 6. The molecule has 0 aliphatic carbocycles. The molecule has 1 aromatic heterocycles. The number of nitrogens with zero attached hydrogens (tertiary/aromatic N) is 3. The van der Waals surface area contributed by atoms with Crippen molar-refractivity contribution < 1.29 is 27.9 Å². The van der Waals surface area contributed by atoms with Gasteiger partial charge in [-0.1, -0.05) is 46.9 Å². The van der Waals surface area contributed by atoms with E-state index in [9.17, 15) is 33.1 Å². The standard InChI is InChI=1S/C22H13Cl3F3N3O3/c23-14-5-1-12(2-6-14)19-16(9-29)18(25)20(22(26,27)28)31(19)11-30(10-17(32)33)21(34)13-3-7-15(24)8-4-13/h1-8H,10-11H2,(H,32,33). The van der Waals surface area contributed by atoms with Crippen molar-refractivity contribution in [2.45, 2.75) is 12.8 Å². The fourth-order valence-electron chi connectivity index (χ4n) is 3.31. The smallest absolute Gasteiger partial charge is 0.433 e. The Morgan fingerprint density at radius 1 is 1.00 bits per heavy atom. The van der Waals surface area contributed by atoms with Gasteiger partial charge in [-0.3, -0.25) is 9.59 Å². The van der Waals surface area contributed by atoms with Crippen LogP contribution in [-0.2, 0) is 17.6 Å². The van der Waals surface area contributed by atoms with Gasteiger partial charge in [0.25, 0.3) is 5.91 Å². The fourth-order valence-corrected chi connectivity index (χ4v) is 3.90. The van der Waals surface area contributed by atoms with Crippen molar-refractivity contribution in [1.29, 1.82) is 5.26 Å². The molecule has 0 saturated heterocycles. The lowest BCUT2D eigenvalue weighted by molar-refractivity contribution is -0.144. The number of alkyl halides is 3. The Balaban J connectivity index is 2.23. The van der Waals surface area contributed by atoms with Crippen LogP contribution >= 0.6 is 34.8 Å². The van der Waals surface area contributed by atoms with Crippen molar-refractivity contribution in [1.82, 2.24) is 9.47 Å². The lowest BCUT2D eigenvalue weighted by Gasteiger charge is -2.25. The number of aliphatic carboxylic acids is 1. The summed E-state index contributed by atoms with van der Waals surface area (Å²) >= 11 is 17.7. The third kappa shape index (κ3) is 5.30. The summed E-state index contributed by atoms with van der Waals surface area (Å²) in [5.74, 6) is -2.32. The monoisotopic (exact) mass is 529 g/mol. The normalized spacial score (nSPS) is 11.2. The van der Waals surface area contributed by atoms with Crippen LogP contribution in [0.4, 0.5) is 13.2 Å². The lowest BCUT2D eigenvalue weighted by atomic mass is 10.1. The van der Waals surface area contributed by atoms with Crippen molar-refractivity contribution in [3.05, 3.63) is 80.4 Å². The van der Waals surface area contributed by atoms with Crippen LogP contribution in [0, 0.1) is 11.3 Å². The van der Waals surface area contributed by atoms with Crippen LogP contribution in [0.25, 0.3) is 11.3 Å². The topological polar surface area (TPSA) is 86.3 Å². The van der Waals surface area contributed by atoms with Crippen LogP contribution in [0.5, 0.6) is 0 Å². The van der Waals surface area contributed by atoms with E-state index in [2.05, 4.69) is 0 Å². The first-order valence-corrected chi connectivity index (χ1v) is 10.5. The Hall–Kier alpha value is -3.19. The van der Waals surface area contributed by atoms with Crippen LogP contribution in [-0.4, -0.2) is 33.0 Å². The molecule has 0 atom stereocenters. The molecule has 1 heterocycles. The summed E-state index contributed by atoms with van der Waals surface area (Å²) in [5.41, 5.74) is -1.95. The molecule has 0 aliphatic rings. The SMILES string of the molecule is N#Cc1c(Cl)c(C(F)(F)F)n(CN(CC(=O)O)C(=O)c2ccc(Cl)cc2)c1-c1ccc(Cl)cc1. The Morgan fingerprint density at radius 3 is 2.00 bits per heavy atom. The van der Waals surface area contributed by atoms with E-state index in [0.29, 0.717) is 19.5 Å². The molecule has 0 unspecified atom stereocenters. The first-order valence-electron chi connectivity index (χ1n) is 9.36. The van der Waals surface area contributed by atoms with Gasteiger partial charge in [-0.15, -0.1) is 0 Å². The molecule has 0 radical (unpaired) electrons. The Labute approximate surface area is 206 Å². The maximum absolute atomic E-state index is 14.0. The summed E-state index contributed by atoms with van der Waals surface area (Å²) in [5, 5.41) is 18.6.